The summed E-state index contributed by atoms with van der Waals surface area (Å²) in [5.74, 6) is 1.04. The lowest BCUT2D eigenvalue weighted by atomic mass is 10.1. The molecular weight excluding hydrogens is 418 g/mol. The number of carbonyl (C=O) groups excluding carboxylic acids is 1. The highest BCUT2D eigenvalue weighted by molar-refractivity contribution is 7.90. The molecule has 0 aliphatic heterocycles. The van der Waals surface area contributed by atoms with Crippen molar-refractivity contribution in [3.05, 3.63) is 53.6 Å². The van der Waals surface area contributed by atoms with Crippen molar-refractivity contribution < 1.29 is 22.7 Å². The molecule has 0 bridgehead atoms. The minimum absolute atomic E-state index is 0.260. The molecule has 0 aromatic heterocycles. The minimum atomic E-state index is -3.59. The van der Waals surface area contributed by atoms with Gasteiger partial charge in [0.1, 0.15) is 0 Å². The van der Waals surface area contributed by atoms with E-state index < -0.39 is 10.2 Å². The van der Waals surface area contributed by atoms with Gasteiger partial charge in [0.05, 0.1) is 24.9 Å². The van der Waals surface area contributed by atoms with E-state index in [0.717, 1.165) is 14.2 Å². The second kappa shape index (κ2) is 10.5. The van der Waals surface area contributed by atoms with Crippen LogP contribution in [0.5, 0.6) is 11.5 Å². The van der Waals surface area contributed by atoms with Gasteiger partial charge in [0.2, 0.25) is 0 Å². The minimum Gasteiger partial charge on any atom is -0.490 e. The third-order valence-corrected chi connectivity index (χ3v) is 6.54. The monoisotopic (exact) mass is 449 g/mol. The molecule has 0 aliphatic carbocycles. The fourth-order valence-corrected chi connectivity index (χ4v) is 3.78. The van der Waals surface area contributed by atoms with Crippen molar-refractivity contribution in [1.82, 2.24) is 9.62 Å². The highest BCUT2D eigenvalue weighted by Gasteiger charge is 2.21. The van der Waals surface area contributed by atoms with Crippen LogP contribution in [0.1, 0.15) is 42.7 Å². The summed E-state index contributed by atoms with van der Waals surface area (Å²) in [6, 6.07) is 11.7. The fourth-order valence-electron chi connectivity index (χ4n) is 2.90. The first kappa shape index (κ1) is 24.5. The average Bonchev–Trinajstić information content (AvgIpc) is 2.74. The molecule has 2 aromatic carbocycles. The Bertz CT molecular complexity index is 991. The van der Waals surface area contributed by atoms with Crippen LogP contribution >= 0.6 is 0 Å². The third-order valence-electron chi connectivity index (χ3n) is 4.72. The summed E-state index contributed by atoms with van der Waals surface area (Å²) in [5, 5.41) is 2.96. The maximum absolute atomic E-state index is 12.7. The summed E-state index contributed by atoms with van der Waals surface area (Å²) in [5.41, 5.74) is 1.78. The Balaban J connectivity index is 2.13. The molecule has 0 saturated heterocycles. The zero-order valence-electron chi connectivity index (χ0n) is 18.9. The van der Waals surface area contributed by atoms with Gasteiger partial charge in [0, 0.05) is 26.7 Å². The number of hydrogen-bond donors (Lipinski definition) is 1. The van der Waals surface area contributed by atoms with Gasteiger partial charge in [-0.1, -0.05) is 6.07 Å². The number of anilines is 1. The molecule has 9 heteroatoms. The SMILES string of the molecule is CCOc1ccc(C(C)NC(=O)c2ccc(N(C)S(=O)(=O)N(C)C)cc2)cc1OCC. The summed E-state index contributed by atoms with van der Waals surface area (Å²) in [4.78, 5) is 12.7. The molecule has 170 valence electrons. The van der Waals surface area contributed by atoms with Crippen molar-refractivity contribution in [2.24, 2.45) is 0 Å². The van der Waals surface area contributed by atoms with Crippen LogP contribution in [-0.4, -0.2) is 53.0 Å². The lowest BCUT2D eigenvalue weighted by Crippen LogP contribution is -2.37. The zero-order chi connectivity index (χ0) is 23.2. The van der Waals surface area contributed by atoms with Gasteiger partial charge in [0.25, 0.3) is 5.91 Å². The molecule has 1 atom stereocenters. The molecule has 1 unspecified atom stereocenters. The Morgan fingerprint density at radius 2 is 1.55 bits per heavy atom. The van der Waals surface area contributed by atoms with E-state index in [4.69, 9.17) is 9.47 Å². The highest BCUT2D eigenvalue weighted by Crippen LogP contribution is 2.31. The number of rotatable bonds is 10. The summed E-state index contributed by atoms with van der Waals surface area (Å²) in [6.45, 7) is 6.74. The first-order valence-corrected chi connectivity index (χ1v) is 11.5. The number of amides is 1. The van der Waals surface area contributed by atoms with Crippen molar-refractivity contribution in [2.45, 2.75) is 26.8 Å². The smallest absolute Gasteiger partial charge is 0.303 e. The van der Waals surface area contributed by atoms with Crippen LogP contribution < -0.4 is 19.1 Å². The van der Waals surface area contributed by atoms with Crippen molar-refractivity contribution in [2.75, 3.05) is 38.7 Å². The molecule has 0 heterocycles. The van der Waals surface area contributed by atoms with Gasteiger partial charge in [-0.15, -0.1) is 0 Å². The predicted molar refractivity (Wildman–Crippen MR) is 122 cm³/mol. The summed E-state index contributed by atoms with van der Waals surface area (Å²) >= 11 is 0. The maximum Gasteiger partial charge on any atom is 0.303 e. The highest BCUT2D eigenvalue weighted by atomic mass is 32.2. The molecule has 1 N–H and O–H groups in total. The Hall–Kier alpha value is -2.78. The number of carbonyl (C=O) groups is 1. The lowest BCUT2D eigenvalue weighted by molar-refractivity contribution is 0.0940. The molecule has 2 aromatic rings. The molecular formula is C22H31N3O5S. The molecule has 0 saturated carbocycles. The van der Waals surface area contributed by atoms with Crippen LogP contribution in [0.3, 0.4) is 0 Å². The number of benzene rings is 2. The lowest BCUT2D eigenvalue weighted by Gasteiger charge is -2.23. The van der Waals surface area contributed by atoms with Gasteiger partial charge < -0.3 is 14.8 Å². The van der Waals surface area contributed by atoms with Gasteiger partial charge in [-0.25, -0.2) is 0 Å². The van der Waals surface area contributed by atoms with E-state index in [2.05, 4.69) is 5.32 Å². The summed E-state index contributed by atoms with van der Waals surface area (Å²) in [6.07, 6.45) is 0. The maximum atomic E-state index is 12.7. The van der Waals surface area contributed by atoms with Crippen molar-refractivity contribution in [3.8, 4) is 11.5 Å². The quantitative estimate of drug-likeness (QED) is 0.602. The van der Waals surface area contributed by atoms with Crippen LogP contribution in [0.4, 0.5) is 5.69 Å². The van der Waals surface area contributed by atoms with E-state index in [-0.39, 0.29) is 11.9 Å². The molecule has 8 nitrogen and oxygen atoms in total. The predicted octanol–water partition coefficient (Wildman–Crippen LogP) is 3.22. The molecule has 0 fully saturated rings. The Labute approximate surface area is 184 Å². The van der Waals surface area contributed by atoms with E-state index in [0.29, 0.717) is 36.0 Å². The number of nitrogens with zero attached hydrogens (tertiary/aromatic N) is 2. The number of nitrogens with one attached hydrogen (secondary N) is 1. The first-order chi connectivity index (χ1) is 14.6. The van der Waals surface area contributed by atoms with Crippen molar-refractivity contribution in [1.29, 1.82) is 0 Å². The molecule has 0 aliphatic rings. The largest absolute Gasteiger partial charge is 0.490 e. The second-order valence-electron chi connectivity index (χ2n) is 7.07. The average molecular weight is 450 g/mol. The van der Waals surface area contributed by atoms with Gasteiger partial charge >= 0.3 is 10.2 Å². The van der Waals surface area contributed by atoms with E-state index in [1.165, 1.54) is 21.1 Å². The van der Waals surface area contributed by atoms with E-state index in [1.807, 2.05) is 39.0 Å². The number of hydrogen-bond acceptors (Lipinski definition) is 5. The fraction of sp³-hybridized carbons (Fsp3) is 0.409. The van der Waals surface area contributed by atoms with Gasteiger partial charge in [0.15, 0.2) is 11.5 Å². The number of ether oxygens (including phenoxy) is 2. The second-order valence-corrected chi connectivity index (χ2v) is 9.25. The van der Waals surface area contributed by atoms with E-state index in [9.17, 15) is 13.2 Å². The Morgan fingerprint density at radius 1 is 0.968 bits per heavy atom. The molecule has 1 amide bonds. The molecule has 0 radical (unpaired) electrons. The van der Waals surface area contributed by atoms with Crippen LogP contribution in [0.2, 0.25) is 0 Å². The zero-order valence-corrected chi connectivity index (χ0v) is 19.7. The van der Waals surface area contributed by atoms with E-state index >= 15 is 0 Å². The first-order valence-electron chi connectivity index (χ1n) is 10.1. The summed E-state index contributed by atoms with van der Waals surface area (Å²) in [7, 11) is 0.806. The van der Waals surface area contributed by atoms with Crippen LogP contribution in [0.25, 0.3) is 0 Å². The Kier molecular flexibility index (Phi) is 8.29. The topological polar surface area (TPSA) is 88.2 Å². The van der Waals surface area contributed by atoms with Crippen LogP contribution in [-0.2, 0) is 10.2 Å². The normalized spacial score (nSPS) is 12.4. The Morgan fingerprint density at radius 3 is 2.10 bits per heavy atom. The third kappa shape index (κ3) is 5.89. The van der Waals surface area contributed by atoms with Gasteiger partial charge in [-0.3, -0.25) is 9.10 Å². The van der Waals surface area contributed by atoms with Crippen molar-refractivity contribution >= 4 is 21.8 Å². The van der Waals surface area contributed by atoms with Crippen LogP contribution in [0.15, 0.2) is 42.5 Å². The van der Waals surface area contributed by atoms with Crippen LogP contribution in [0, 0.1) is 0 Å². The summed E-state index contributed by atoms with van der Waals surface area (Å²) < 4.78 is 38.0. The van der Waals surface area contributed by atoms with Crippen molar-refractivity contribution in [3.63, 3.8) is 0 Å². The molecule has 0 spiro atoms. The van der Waals surface area contributed by atoms with Gasteiger partial charge in [-0.2, -0.15) is 12.7 Å². The van der Waals surface area contributed by atoms with Gasteiger partial charge in [-0.05, 0) is 62.7 Å². The molecule has 2 rings (SSSR count). The molecule has 31 heavy (non-hydrogen) atoms. The van der Waals surface area contributed by atoms with E-state index in [1.54, 1.807) is 24.3 Å². The standard InChI is InChI=1S/C22H31N3O5S/c1-7-29-20-14-11-18(15-21(20)30-8-2)16(3)23-22(26)17-9-12-19(13-10-17)25(6)31(27,28)24(4)5/h9-16H,7-8H2,1-6H3,(H,23,26).